The summed E-state index contributed by atoms with van der Waals surface area (Å²) in [5.41, 5.74) is 6.36. The first-order valence-electron chi connectivity index (χ1n) is 6.91. The molecule has 1 aliphatic rings. The molecule has 0 spiro atoms. The van der Waals surface area contributed by atoms with E-state index in [0.717, 1.165) is 5.69 Å². The number of aromatic nitrogens is 1. The Hall–Kier alpha value is -1.76. The number of phenols is 1. The lowest BCUT2D eigenvalue weighted by Gasteiger charge is -2.16. The molecule has 8 heteroatoms. The summed E-state index contributed by atoms with van der Waals surface area (Å²) in [7, 11) is 0.193. The molecule has 3 N–H and O–H groups in total. The lowest BCUT2D eigenvalue weighted by Crippen LogP contribution is -2.26. The minimum atomic E-state index is 0.0201. The number of anilines is 2. The van der Waals surface area contributed by atoms with Gasteiger partial charge >= 0.3 is 0 Å². The van der Waals surface area contributed by atoms with Crippen molar-refractivity contribution in [3.05, 3.63) is 40.5 Å². The van der Waals surface area contributed by atoms with Crippen molar-refractivity contribution >= 4 is 55.3 Å². The number of phenolic OH excluding ortho intramolecular Hbond substituents is 1. The number of pyridine rings is 1. The van der Waals surface area contributed by atoms with Gasteiger partial charge in [0.2, 0.25) is 5.91 Å². The number of aromatic hydroxyl groups is 1. The van der Waals surface area contributed by atoms with E-state index >= 15 is 0 Å². The summed E-state index contributed by atoms with van der Waals surface area (Å²) >= 11 is 12.2. The molecule has 1 atom stereocenters. The largest absolute Gasteiger partial charge is 0.508 e. The summed E-state index contributed by atoms with van der Waals surface area (Å²) in [6.07, 6.45) is 1.98. The van der Waals surface area contributed by atoms with E-state index in [0.29, 0.717) is 34.0 Å². The molecule has 2 heterocycles. The van der Waals surface area contributed by atoms with Gasteiger partial charge in [-0.1, -0.05) is 23.2 Å². The summed E-state index contributed by atoms with van der Waals surface area (Å²) in [6, 6.07) is 6.52. The number of carbonyl (C=O) groups excluding carboxylic acids is 1. The predicted molar refractivity (Wildman–Crippen MR) is 92.9 cm³/mol. The Morgan fingerprint density at radius 1 is 1.30 bits per heavy atom. The minimum Gasteiger partial charge on any atom is -0.508 e. The Kier molecular flexibility index (Phi) is 4.47. The molecular weight excluding hydrogens is 353 g/mol. The molecule has 3 rings (SSSR count). The second-order valence-electron chi connectivity index (χ2n) is 5.25. The maximum absolute atomic E-state index is 12.2. The van der Waals surface area contributed by atoms with E-state index in [1.54, 1.807) is 29.3 Å². The van der Waals surface area contributed by atoms with E-state index in [2.05, 4.69) is 4.98 Å². The number of benzene rings is 1. The van der Waals surface area contributed by atoms with E-state index < -0.39 is 0 Å². The smallest absolute Gasteiger partial charge is 0.227 e. The zero-order chi connectivity index (χ0) is 16.6. The average Bonchev–Trinajstić information content (AvgIpc) is 2.89. The molecule has 1 saturated heterocycles. The van der Waals surface area contributed by atoms with Crippen LogP contribution < -0.4 is 15.8 Å². The van der Waals surface area contributed by atoms with Crippen LogP contribution in [0.1, 0.15) is 6.42 Å². The van der Waals surface area contributed by atoms with Crippen LogP contribution in [0.15, 0.2) is 30.5 Å². The van der Waals surface area contributed by atoms with Gasteiger partial charge in [0.25, 0.3) is 0 Å². The van der Waals surface area contributed by atoms with Gasteiger partial charge in [-0.3, -0.25) is 4.79 Å². The van der Waals surface area contributed by atoms with Crippen molar-refractivity contribution in [3.63, 3.8) is 0 Å². The molecule has 5 nitrogen and oxygen atoms in total. The van der Waals surface area contributed by atoms with E-state index in [1.807, 2.05) is 0 Å². The Labute approximate surface area is 145 Å². The summed E-state index contributed by atoms with van der Waals surface area (Å²) < 4.78 is 0. The number of hydrogen-bond acceptors (Lipinski definition) is 4. The lowest BCUT2D eigenvalue weighted by atomic mass is 10.3. The lowest BCUT2D eigenvalue weighted by molar-refractivity contribution is -0.117. The summed E-state index contributed by atoms with van der Waals surface area (Å²) in [4.78, 5) is 17.9. The fourth-order valence-corrected chi connectivity index (χ4v) is 4.50. The van der Waals surface area contributed by atoms with Crippen LogP contribution in [0.3, 0.4) is 0 Å². The van der Waals surface area contributed by atoms with Crippen LogP contribution >= 0.6 is 23.2 Å². The first-order chi connectivity index (χ1) is 11.0. The van der Waals surface area contributed by atoms with Gasteiger partial charge in [0.1, 0.15) is 11.6 Å². The van der Waals surface area contributed by atoms with Crippen molar-refractivity contribution < 1.29 is 9.90 Å². The van der Waals surface area contributed by atoms with Crippen LogP contribution in [-0.2, 0) is 4.79 Å². The van der Waals surface area contributed by atoms with E-state index in [1.165, 1.54) is 6.07 Å². The first-order valence-corrected chi connectivity index (χ1v) is 8.74. The number of hydrogen-bond donors (Lipinski definition) is 2. The highest BCUT2D eigenvalue weighted by atomic mass is 35.5. The monoisotopic (exact) mass is 365 g/mol. The number of nitrogens with zero attached hydrogens (tertiary/aromatic N) is 2. The number of nitrogens with two attached hydrogens (primary N) is 1. The molecule has 1 aromatic heterocycles. The van der Waals surface area contributed by atoms with Crippen LogP contribution in [0, 0.1) is 0 Å². The minimum absolute atomic E-state index is 0.0201. The van der Waals surface area contributed by atoms with Gasteiger partial charge in [0, 0.05) is 13.0 Å². The van der Waals surface area contributed by atoms with Gasteiger partial charge in [-0.25, -0.2) is 4.98 Å². The number of nitrogen functional groups attached to an aromatic ring is 1. The fraction of sp³-hybridized carbons (Fsp3) is 0.200. The Balaban J connectivity index is 1.78. The highest BCUT2D eigenvalue weighted by Crippen LogP contribution is 2.30. The Bertz CT molecular complexity index is 755. The highest BCUT2D eigenvalue weighted by Gasteiger charge is 2.32. The van der Waals surface area contributed by atoms with Gasteiger partial charge in [-0.2, -0.15) is 0 Å². The molecule has 0 bridgehead atoms. The topological polar surface area (TPSA) is 79.5 Å². The van der Waals surface area contributed by atoms with Gasteiger partial charge in [0.05, 0.1) is 31.4 Å². The van der Waals surface area contributed by atoms with Crippen molar-refractivity contribution in [2.75, 3.05) is 17.2 Å². The zero-order valence-corrected chi connectivity index (χ0v) is 14.5. The number of amides is 1. The molecule has 2 radical (unpaired) electrons. The number of halogens is 2. The molecule has 1 unspecified atom stereocenters. The molecule has 1 fully saturated rings. The standard InChI is InChI=1S/C15H13Cl2N3O2Si/c16-10-2-3-11(21)15(14(10)17)23-9-5-13(22)20(7-9)8-1-4-12(18)19-6-8/h1-4,6,9,21H,5,7H2,(H2,18,19). The molecule has 0 aliphatic carbocycles. The van der Waals surface area contributed by atoms with E-state index in [4.69, 9.17) is 28.9 Å². The van der Waals surface area contributed by atoms with Crippen LogP contribution in [0.5, 0.6) is 5.75 Å². The van der Waals surface area contributed by atoms with Gasteiger partial charge in [-0.15, -0.1) is 0 Å². The fourth-order valence-electron chi connectivity index (χ4n) is 2.49. The van der Waals surface area contributed by atoms with Gasteiger partial charge < -0.3 is 15.7 Å². The van der Waals surface area contributed by atoms with E-state index in [9.17, 15) is 9.90 Å². The summed E-state index contributed by atoms with van der Waals surface area (Å²) in [5.74, 6) is 0.541. The average molecular weight is 366 g/mol. The molecule has 0 saturated carbocycles. The maximum Gasteiger partial charge on any atom is 0.227 e. The Morgan fingerprint density at radius 2 is 2.09 bits per heavy atom. The van der Waals surface area contributed by atoms with Crippen molar-refractivity contribution in [2.45, 2.75) is 12.0 Å². The first kappa shape index (κ1) is 16.1. The van der Waals surface area contributed by atoms with Crippen LogP contribution in [0.25, 0.3) is 0 Å². The molecule has 118 valence electrons. The SMILES string of the molecule is Nc1ccc(N2CC([Si]c3c(O)ccc(Cl)c3Cl)CC2=O)cn1. The molecule has 23 heavy (non-hydrogen) atoms. The van der Waals surface area contributed by atoms with Gasteiger partial charge in [0.15, 0.2) is 0 Å². The van der Waals surface area contributed by atoms with E-state index in [-0.39, 0.29) is 26.7 Å². The van der Waals surface area contributed by atoms with Crippen molar-refractivity contribution in [1.82, 2.24) is 4.98 Å². The third-order valence-corrected chi connectivity index (χ3v) is 6.18. The number of carbonyl (C=O) groups is 1. The Morgan fingerprint density at radius 3 is 2.78 bits per heavy atom. The second-order valence-corrected chi connectivity index (χ2v) is 7.64. The molecule has 2 aromatic rings. The van der Waals surface area contributed by atoms with Crippen LogP contribution in [0.4, 0.5) is 11.5 Å². The normalized spacial score (nSPS) is 17.7. The molecule has 1 aliphatic heterocycles. The molecule has 1 amide bonds. The molecule has 1 aromatic carbocycles. The third kappa shape index (κ3) is 3.29. The third-order valence-electron chi connectivity index (χ3n) is 3.63. The van der Waals surface area contributed by atoms with Gasteiger partial charge in [-0.05, 0) is 35.0 Å². The maximum atomic E-state index is 12.2. The predicted octanol–water partition coefficient (Wildman–Crippen LogP) is 2.23. The highest BCUT2D eigenvalue weighted by molar-refractivity contribution is 6.63. The van der Waals surface area contributed by atoms with Crippen LogP contribution in [-0.4, -0.2) is 32.1 Å². The number of rotatable bonds is 3. The second kappa shape index (κ2) is 6.39. The quantitative estimate of drug-likeness (QED) is 0.817. The van der Waals surface area contributed by atoms with Crippen LogP contribution in [0.2, 0.25) is 15.6 Å². The van der Waals surface area contributed by atoms with Crippen molar-refractivity contribution in [3.8, 4) is 5.75 Å². The zero-order valence-electron chi connectivity index (χ0n) is 12.0. The summed E-state index contributed by atoms with van der Waals surface area (Å²) in [6.45, 7) is 0.547. The van der Waals surface area contributed by atoms with Crippen molar-refractivity contribution in [2.24, 2.45) is 0 Å². The van der Waals surface area contributed by atoms with Crippen molar-refractivity contribution in [1.29, 1.82) is 0 Å². The molecular formula is C15H13Cl2N3O2Si. The summed E-state index contributed by atoms with van der Waals surface area (Å²) in [5, 5.41) is 11.4.